The molecule has 0 saturated heterocycles. The maximum atomic E-state index is 9.43. The van der Waals surface area contributed by atoms with Crippen molar-refractivity contribution < 1.29 is 5.11 Å². The van der Waals surface area contributed by atoms with Gasteiger partial charge in [0.2, 0.25) is 0 Å². The summed E-state index contributed by atoms with van der Waals surface area (Å²) < 4.78 is 0. The van der Waals surface area contributed by atoms with E-state index in [4.69, 9.17) is 0 Å². The van der Waals surface area contributed by atoms with Gasteiger partial charge in [-0.05, 0) is 30.5 Å². The molecule has 0 amide bonds. The average Bonchev–Trinajstić information content (AvgIpc) is 3.10. The molecule has 1 aromatic heterocycles. The van der Waals surface area contributed by atoms with Crippen LogP contribution in [0.5, 0.6) is 5.75 Å². The minimum absolute atomic E-state index is 0.302. The fraction of sp³-hybridized carbons (Fsp3) is 0.429. The third-order valence-corrected chi connectivity index (χ3v) is 4.11. The van der Waals surface area contributed by atoms with Gasteiger partial charge in [0.25, 0.3) is 0 Å². The van der Waals surface area contributed by atoms with E-state index in [2.05, 4.69) is 15.5 Å². The molecule has 0 spiro atoms. The van der Waals surface area contributed by atoms with Crippen LogP contribution in [0, 0.1) is 0 Å². The quantitative estimate of drug-likeness (QED) is 0.848. The van der Waals surface area contributed by atoms with E-state index in [1.165, 1.54) is 12.8 Å². The fourth-order valence-electron chi connectivity index (χ4n) is 1.97. The molecular weight excluding hydrogens is 258 g/mol. The molecule has 5 heteroatoms. The van der Waals surface area contributed by atoms with Crippen LogP contribution in [-0.4, -0.2) is 27.9 Å². The van der Waals surface area contributed by atoms with E-state index in [1.54, 1.807) is 23.5 Å². The van der Waals surface area contributed by atoms with E-state index in [0.717, 1.165) is 41.0 Å². The first-order chi connectivity index (χ1) is 9.29. The Kier molecular flexibility index (Phi) is 3.75. The van der Waals surface area contributed by atoms with Crippen LogP contribution in [0.4, 0.5) is 0 Å². The lowest BCUT2D eigenvalue weighted by atomic mass is 10.1. The second kappa shape index (κ2) is 5.67. The molecule has 1 heterocycles. The Bertz CT molecular complexity index is 551. The summed E-state index contributed by atoms with van der Waals surface area (Å²) in [5.41, 5.74) is 1.07. The van der Waals surface area contributed by atoms with Crippen molar-refractivity contribution in [3.05, 3.63) is 39.8 Å². The highest BCUT2D eigenvalue weighted by molar-refractivity contribution is 7.11. The zero-order chi connectivity index (χ0) is 13.1. The Balaban J connectivity index is 1.54. The second-order valence-electron chi connectivity index (χ2n) is 4.91. The van der Waals surface area contributed by atoms with Crippen molar-refractivity contribution in [1.82, 2.24) is 15.5 Å². The van der Waals surface area contributed by atoms with Gasteiger partial charge in [0, 0.05) is 25.4 Å². The lowest BCUT2D eigenvalue weighted by Gasteiger charge is -1.98. The highest BCUT2D eigenvalue weighted by atomic mass is 32.1. The number of benzene rings is 1. The van der Waals surface area contributed by atoms with E-state index in [9.17, 15) is 5.11 Å². The molecule has 1 fully saturated rings. The lowest BCUT2D eigenvalue weighted by Crippen LogP contribution is -2.19. The van der Waals surface area contributed by atoms with Crippen molar-refractivity contribution in [1.29, 1.82) is 0 Å². The number of nitrogens with zero attached hydrogens (tertiary/aromatic N) is 2. The Morgan fingerprint density at radius 3 is 2.89 bits per heavy atom. The topological polar surface area (TPSA) is 58.0 Å². The summed E-state index contributed by atoms with van der Waals surface area (Å²) in [5, 5.41) is 23.4. The van der Waals surface area contributed by atoms with Crippen molar-refractivity contribution in [2.45, 2.75) is 31.7 Å². The molecule has 1 saturated carbocycles. The molecule has 2 aromatic rings. The van der Waals surface area contributed by atoms with Gasteiger partial charge in [-0.3, -0.25) is 0 Å². The van der Waals surface area contributed by atoms with Gasteiger partial charge in [0.15, 0.2) is 0 Å². The predicted molar refractivity (Wildman–Crippen MR) is 75.6 cm³/mol. The molecule has 0 bridgehead atoms. The van der Waals surface area contributed by atoms with Gasteiger partial charge >= 0.3 is 0 Å². The van der Waals surface area contributed by atoms with Crippen LogP contribution in [0.3, 0.4) is 0 Å². The molecule has 1 aliphatic rings. The molecule has 2 N–H and O–H groups in total. The summed E-state index contributed by atoms with van der Waals surface area (Å²) in [6, 6.07) is 8.05. The van der Waals surface area contributed by atoms with Gasteiger partial charge in [-0.15, -0.1) is 21.5 Å². The van der Waals surface area contributed by atoms with Gasteiger partial charge in [-0.2, -0.15) is 0 Å². The van der Waals surface area contributed by atoms with Crippen molar-refractivity contribution in [2.75, 3.05) is 6.54 Å². The molecule has 100 valence electrons. The molecular formula is C14H17N3OS. The average molecular weight is 275 g/mol. The van der Waals surface area contributed by atoms with Crippen molar-refractivity contribution in [2.24, 2.45) is 0 Å². The zero-order valence-corrected chi connectivity index (χ0v) is 11.5. The van der Waals surface area contributed by atoms with Gasteiger partial charge in [0.1, 0.15) is 15.8 Å². The minimum Gasteiger partial charge on any atom is -0.508 e. The maximum Gasteiger partial charge on any atom is 0.121 e. The van der Waals surface area contributed by atoms with Crippen LogP contribution in [0.15, 0.2) is 24.3 Å². The third kappa shape index (κ3) is 3.75. The number of aromatic nitrogens is 2. The molecule has 3 rings (SSSR count). The Morgan fingerprint density at radius 2 is 2.11 bits per heavy atom. The first-order valence-electron chi connectivity index (χ1n) is 6.62. The second-order valence-corrected chi connectivity index (χ2v) is 6.06. The van der Waals surface area contributed by atoms with Crippen LogP contribution >= 0.6 is 11.3 Å². The van der Waals surface area contributed by atoms with Crippen molar-refractivity contribution in [3.8, 4) is 5.75 Å². The van der Waals surface area contributed by atoms with Crippen molar-refractivity contribution >= 4 is 11.3 Å². The number of hydrogen-bond acceptors (Lipinski definition) is 5. The fourth-order valence-corrected chi connectivity index (χ4v) is 2.85. The van der Waals surface area contributed by atoms with Crippen LogP contribution in [0.2, 0.25) is 0 Å². The van der Waals surface area contributed by atoms with Gasteiger partial charge in [-0.25, -0.2) is 0 Å². The SMILES string of the molecule is Oc1cccc(Cc2nnc(CCNC3CC3)s2)c1. The molecule has 1 aliphatic carbocycles. The van der Waals surface area contributed by atoms with E-state index in [-0.39, 0.29) is 0 Å². The Hall–Kier alpha value is -1.46. The molecule has 1 aromatic carbocycles. The monoisotopic (exact) mass is 275 g/mol. The smallest absolute Gasteiger partial charge is 0.121 e. The van der Waals surface area contributed by atoms with Crippen LogP contribution in [-0.2, 0) is 12.8 Å². The van der Waals surface area contributed by atoms with Crippen LogP contribution in [0.1, 0.15) is 28.4 Å². The summed E-state index contributed by atoms with van der Waals surface area (Å²) in [5.74, 6) is 0.302. The molecule has 0 unspecified atom stereocenters. The number of aromatic hydroxyl groups is 1. The Morgan fingerprint density at radius 1 is 1.26 bits per heavy atom. The molecule has 0 atom stereocenters. The van der Waals surface area contributed by atoms with Gasteiger partial charge < -0.3 is 10.4 Å². The van der Waals surface area contributed by atoms with Crippen molar-refractivity contribution in [3.63, 3.8) is 0 Å². The van der Waals surface area contributed by atoms with Crippen LogP contribution < -0.4 is 5.32 Å². The van der Waals surface area contributed by atoms with Crippen LogP contribution in [0.25, 0.3) is 0 Å². The summed E-state index contributed by atoms with van der Waals surface area (Å²) in [7, 11) is 0. The summed E-state index contributed by atoms with van der Waals surface area (Å²) in [4.78, 5) is 0. The zero-order valence-electron chi connectivity index (χ0n) is 10.7. The van der Waals surface area contributed by atoms with Gasteiger partial charge in [0.05, 0.1) is 0 Å². The maximum absolute atomic E-state index is 9.43. The van der Waals surface area contributed by atoms with E-state index < -0.39 is 0 Å². The number of hydrogen-bond donors (Lipinski definition) is 2. The molecule has 4 nitrogen and oxygen atoms in total. The summed E-state index contributed by atoms with van der Waals surface area (Å²) >= 11 is 1.66. The van der Waals surface area contributed by atoms with E-state index in [1.807, 2.05) is 12.1 Å². The predicted octanol–water partition coefficient (Wildman–Crippen LogP) is 2.13. The van der Waals surface area contributed by atoms with Gasteiger partial charge in [-0.1, -0.05) is 12.1 Å². The normalized spacial score (nSPS) is 14.7. The lowest BCUT2D eigenvalue weighted by molar-refractivity contribution is 0.474. The summed E-state index contributed by atoms with van der Waals surface area (Å²) in [6.45, 7) is 0.991. The van der Waals surface area contributed by atoms with E-state index >= 15 is 0 Å². The largest absolute Gasteiger partial charge is 0.508 e. The highest BCUT2D eigenvalue weighted by Crippen LogP contribution is 2.20. The standard InChI is InChI=1S/C14H17N3OS/c18-12-3-1-2-10(8-12)9-14-17-16-13(19-14)6-7-15-11-4-5-11/h1-3,8,11,15,18H,4-7,9H2. The molecule has 0 aliphatic heterocycles. The highest BCUT2D eigenvalue weighted by Gasteiger charge is 2.19. The number of nitrogens with one attached hydrogen (secondary N) is 1. The van der Waals surface area contributed by atoms with E-state index in [0.29, 0.717) is 5.75 Å². The minimum atomic E-state index is 0.302. The Labute approximate surface area is 116 Å². The number of phenolic OH excluding ortho intramolecular Hbond substituents is 1. The number of phenols is 1. The number of rotatable bonds is 6. The molecule has 19 heavy (non-hydrogen) atoms. The summed E-state index contributed by atoms with van der Waals surface area (Å²) in [6.07, 6.45) is 4.33. The third-order valence-electron chi connectivity index (χ3n) is 3.12. The first-order valence-corrected chi connectivity index (χ1v) is 7.44. The first kappa shape index (κ1) is 12.6. The molecule has 0 radical (unpaired) electrons.